The molecule has 2 aromatic rings. The minimum atomic E-state index is -0.459. The third-order valence-electron chi connectivity index (χ3n) is 3.98. The first-order valence-corrected chi connectivity index (χ1v) is 7.26. The molecule has 0 bridgehead atoms. The molecule has 0 aliphatic carbocycles. The second-order valence-corrected chi connectivity index (χ2v) is 6.05. The lowest BCUT2D eigenvalue weighted by Crippen LogP contribution is -2.37. The van der Waals surface area contributed by atoms with Gasteiger partial charge in [-0.2, -0.15) is 0 Å². The summed E-state index contributed by atoms with van der Waals surface area (Å²) in [5.74, 6) is 0. The van der Waals surface area contributed by atoms with Gasteiger partial charge in [0.05, 0.1) is 18.5 Å². The molecule has 1 heterocycles. The zero-order valence-electron chi connectivity index (χ0n) is 12.5. The molecule has 3 nitrogen and oxygen atoms in total. The predicted octanol–water partition coefficient (Wildman–Crippen LogP) is 3.66. The summed E-state index contributed by atoms with van der Waals surface area (Å²) in [6.45, 7) is 6.42. The molecule has 2 unspecified atom stereocenters. The van der Waals surface area contributed by atoms with E-state index < -0.39 is 6.10 Å². The first-order valence-electron chi connectivity index (χ1n) is 7.26. The monoisotopic (exact) mass is 272 g/mol. The van der Waals surface area contributed by atoms with Gasteiger partial charge in [-0.1, -0.05) is 57.5 Å². The molecule has 0 spiro atoms. The molecule has 0 radical (unpaired) electrons. The van der Waals surface area contributed by atoms with E-state index in [2.05, 4.69) is 37.9 Å². The summed E-state index contributed by atoms with van der Waals surface area (Å²) in [4.78, 5) is 4.13. The highest BCUT2D eigenvalue weighted by atomic mass is 16.3. The second kappa shape index (κ2) is 6.23. The topological polar surface area (TPSA) is 38.0 Å². The van der Waals surface area contributed by atoms with Crippen LogP contribution in [0, 0.1) is 5.41 Å². The van der Waals surface area contributed by atoms with Crippen molar-refractivity contribution >= 4 is 0 Å². The van der Waals surface area contributed by atoms with Crippen LogP contribution < -0.4 is 0 Å². The van der Waals surface area contributed by atoms with Crippen LogP contribution in [0.4, 0.5) is 0 Å². The molecule has 1 aromatic carbocycles. The van der Waals surface area contributed by atoms with Gasteiger partial charge in [-0.3, -0.25) is 0 Å². The highest BCUT2D eigenvalue weighted by Crippen LogP contribution is 2.36. The standard InChI is InChI=1S/C17H24N2O/c1-4-10-17(2,3)16(20)15(19-12-11-18-13-19)14-8-6-5-7-9-14/h5-9,11-13,15-16,20H,4,10H2,1-3H3. The van der Waals surface area contributed by atoms with E-state index in [1.807, 2.05) is 29.0 Å². The van der Waals surface area contributed by atoms with E-state index in [1.165, 1.54) is 0 Å². The van der Waals surface area contributed by atoms with E-state index in [9.17, 15) is 5.11 Å². The molecular formula is C17H24N2O. The molecule has 0 aliphatic heterocycles. The maximum Gasteiger partial charge on any atom is 0.0952 e. The van der Waals surface area contributed by atoms with Crippen molar-refractivity contribution < 1.29 is 5.11 Å². The first-order chi connectivity index (χ1) is 9.56. The lowest BCUT2D eigenvalue weighted by molar-refractivity contribution is 0.0128. The summed E-state index contributed by atoms with van der Waals surface area (Å²) in [5.41, 5.74) is 0.974. The molecule has 0 fully saturated rings. The number of nitrogens with zero attached hydrogens (tertiary/aromatic N) is 2. The van der Waals surface area contributed by atoms with Crippen molar-refractivity contribution in [2.75, 3.05) is 0 Å². The minimum Gasteiger partial charge on any atom is -0.390 e. The molecule has 2 rings (SSSR count). The van der Waals surface area contributed by atoms with Crippen LogP contribution in [0.1, 0.15) is 45.2 Å². The number of aliphatic hydroxyl groups excluding tert-OH is 1. The quantitative estimate of drug-likeness (QED) is 0.871. The number of aromatic nitrogens is 2. The Labute approximate surface area is 121 Å². The van der Waals surface area contributed by atoms with Gasteiger partial charge in [-0.05, 0) is 17.4 Å². The Kier molecular flexibility index (Phi) is 4.61. The fourth-order valence-corrected chi connectivity index (χ4v) is 2.82. The van der Waals surface area contributed by atoms with E-state index in [0.717, 1.165) is 18.4 Å². The highest BCUT2D eigenvalue weighted by Gasteiger charge is 2.35. The van der Waals surface area contributed by atoms with Crippen molar-refractivity contribution in [3.63, 3.8) is 0 Å². The Morgan fingerprint density at radius 3 is 2.50 bits per heavy atom. The Morgan fingerprint density at radius 2 is 1.95 bits per heavy atom. The Morgan fingerprint density at radius 1 is 1.25 bits per heavy atom. The SMILES string of the molecule is CCCC(C)(C)C(O)C(c1ccccc1)n1ccnc1. The van der Waals surface area contributed by atoms with Gasteiger partial charge in [-0.15, -0.1) is 0 Å². The predicted molar refractivity (Wildman–Crippen MR) is 81.5 cm³/mol. The summed E-state index contributed by atoms with van der Waals surface area (Å²) < 4.78 is 2.00. The zero-order chi connectivity index (χ0) is 14.6. The molecule has 0 amide bonds. The largest absolute Gasteiger partial charge is 0.390 e. The summed E-state index contributed by atoms with van der Waals surface area (Å²) in [5, 5.41) is 10.9. The van der Waals surface area contributed by atoms with Crippen molar-refractivity contribution in [1.29, 1.82) is 0 Å². The van der Waals surface area contributed by atoms with Crippen LogP contribution in [0.2, 0.25) is 0 Å². The van der Waals surface area contributed by atoms with E-state index >= 15 is 0 Å². The average Bonchev–Trinajstić information content (AvgIpc) is 2.94. The van der Waals surface area contributed by atoms with E-state index in [0.29, 0.717) is 0 Å². The number of benzene rings is 1. The molecule has 20 heavy (non-hydrogen) atoms. The van der Waals surface area contributed by atoms with Gasteiger partial charge < -0.3 is 9.67 Å². The van der Waals surface area contributed by atoms with E-state index in [4.69, 9.17) is 0 Å². The lowest BCUT2D eigenvalue weighted by Gasteiger charge is -2.36. The minimum absolute atomic E-state index is 0.0970. The number of hydrogen-bond acceptors (Lipinski definition) is 2. The molecule has 0 aliphatic rings. The van der Waals surface area contributed by atoms with Gasteiger partial charge in [0.1, 0.15) is 0 Å². The Hall–Kier alpha value is -1.61. The van der Waals surface area contributed by atoms with Gasteiger partial charge in [0, 0.05) is 12.4 Å². The van der Waals surface area contributed by atoms with Crippen LogP contribution in [-0.4, -0.2) is 20.8 Å². The number of hydrogen-bond donors (Lipinski definition) is 1. The normalized spacial score (nSPS) is 15.0. The maximum absolute atomic E-state index is 10.9. The van der Waals surface area contributed by atoms with E-state index in [-0.39, 0.29) is 11.5 Å². The third-order valence-corrected chi connectivity index (χ3v) is 3.98. The van der Waals surface area contributed by atoms with Crippen LogP contribution in [-0.2, 0) is 0 Å². The Balaban J connectivity index is 2.38. The number of aliphatic hydroxyl groups is 1. The fourth-order valence-electron chi connectivity index (χ4n) is 2.82. The van der Waals surface area contributed by atoms with Crippen molar-refractivity contribution in [3.8, 4) is 0 Å². The van der Waals surface area contributed by atoms with Crippen molar-refractivity contribution in [3.05, 3.63) is 54.6 Å². The molecular weight excluding hydrogens is 248 g/mol. The second-order valence-electron chi connectivity index (χ2n) is 6.05. The van der Waals surface area contributed by atoms with Crippen LogP contribution in [0.15, 0.2) is 49.1 Å². The van der Waals surface area contributed by atoms with Gasteiger partial charge in [0.2, 0.25) is 0 Å². The first kappa shape index (κ1) is 14.8. The van der Waals surface area contributed by atoms with Gasteiger partial charge >= 0.3 is 0 Å². The van der Waals surface area contributed by atoms with Crippen LogP contribution in [0.5, 0.6) is 0 Å². The van der Waals surface area contributed by atoms with Crippen molar-refractivity contribution in [2.24, 2.45) is 5.41 Å². The summed E-state index contributed by atoms with van der Waals surface area (Å²) >= 11 is 0. The molecule has 2 atom stereocenters. The fraction of sp³-hybridized carbons (Fsp3) is 0.471. The van der Waals surface area contributed by atoms with Crippen LogP contribution in [0.3, 0.4) is 0 Å². The number of imidazole rings is 1. The van der Waals surface area contributed by atoms with Crippen molar-refractivity contribution in [2.45, 2.75) is 45.8 Å². The van der Waals surface area contributed by atoms with Crippen molar-refractivity contribution in [1.82, 2.24) is 9.55 Å². The highest BCUT2D eigenvalue weighted by molar-refractivity contribution is 5.22. The van der Waals surface area contributed by atoms with E-state index in [1.54, 1.807) is 12.5 Å². The average molecular weight is 272 g/mol. The smallest absolute Gasteiger partial charge is 0.0952 e. The third kappa shape index (κ3) is 3.10. The molecule has 0 saturated heterocycles. The zero-order valence-corrected chi connectivity index (χ0v) is 12.5. The summed E-state index contributed by atoms with van der Waals surface area (Å²) in [6.07, 6.45) is 7.06. The molecule has 3 heteroatoms. The summed E-state index contributed by atoms with van der Waals surface area (Å²) in [7, 11) is 0. The van der Waals surface area contributed by atoms with Gasteiger partial charge in [-0.25, -0.2) is 4.98 Å². The molecule has 1 N–H and O–H groups in total. The summed E-state index contributed by atoms with van der Waals surface area (Å²) in [6, 6.07) is 10.1. The molecule has 108 valence electrons. The van der Waals surface area contributed by atoms with Crippen LogP contribution >= 0.6 is 0 Å². The lowest BCUT2D eigenvalue weighted by atomic mass is 9.77. The maximum atomic E-state index is 10.9. The number of rotatable bonds is 6. The van der Waals surface area contributed by atoms with Gasteiger partial charge in [0.15, 0.2) is 0 Å². The van der Waals surface area contributed by atoms with Crippen LogP contribution in [0.25, 0.3) is 0 Å². The van der Waals surface area contributed by atoms with Gasteiger partial charge in [0.25, 0.3) is 0 Å². The molecule has 1 aromatic heterocycles. The Bertz CT molecular complexity index is 505. The molecule has 0 saturated carbocycles.